The van der Waals surface area contributed by atoms with Crippen molar-refractivity contribution in [2.24, 2.45) is 0 Å². The summed E-state index contributed by atoms with van der Waals surface area (Å²) in [5.41, 5.74) is 6.60. The van der Waals surface area contributed by atoms with Crippen LogP contribution in [0.1, 0.15) is 23.5 Å². The molecule has 1 aromatic heterocycles. The molecule has 5 nitrogen and oxygen atoms in total. The first kappa shape index (κ1) is 17.9. The molecule has 7 heteroatoms. The second kappa shape index (κ2) is 8.96. The molecule has 0 spiro atoms. The Morgan fingerprint density at radius 1 is 1.57 bits per heavy atom. The molecule has 0 bridgehead atoms. The topological polar surface area (TPSA) is 76.4 Å². The number of rotatable bonds is 9. The van der Waals surface area contributed by atoms with Gasteiger partial charge in [0, 0.05) is 13.1 Å². The second-order valence-electron chi connectivity index (χ2n) is 4.55. The van der Waals surface area contributed by atoms with Crippen LogP contribution in [0.3, 0.4) is 0 Å². The molecule has 0 atom stereocenters. The lowest BCUT2D eigenvalue weighted by Crippen LogP contribution is -2.23. The Morgan fingerprint density at radius 3 is 2.86 bits per heavy atom. The van der Waals surface area contributed by atoms with Gasteiger partial charge < -0.3 is 21.1 Å². The SMILES string of the molecule is C=CCNC(=O)c1sc(NCCOC(C)C)c(SC)c1N. The largest absolute Gasteiger partial charge is 0.396 e. The molecule has 0 radical (unpaired) electrons. The molecule has 0 aliphatic rings. The maximum absolute atomic E-state index is 12.0. The van der Waals surface area contributed by atoms with Gasteiger partial charge in [0.2, 0.25) is 0 Å². The highest BCUT2D eigenvalue weighted by Crippen LogP contribution is 2.41. The number of carbonyl (C=O) groups is 1. The van der Waals surface area contributed by atoms with Crippen LogP contribution in [-0.2, 0) is 4.74 Å². The van der Waals surface area contributed by atoms with E-state index in [1.807, 2.05) is 20.1 Å². The Morgan fingerprint density at radius 2 is 2.29 bits per heavy atom. The first-order chi connectivity index (χ1) is 10.0. The summed E-state index contributed by atoms with van der Waals surface area (Å²) >= 11 is 2.90. The molecule has 0 saturated carbocycles. The molecular formula is C14H23N3O2S2. The van der Waals surface area contributed by atoms with Gasteiger partial charge >= 0.3 is 0 Å². The van der Waals surface area contributed by atoms with Crippen LogP contribution >= 0.6 is 23.1 Å². The van der Waals surface area contributed by atoms with E-state index in [0.717, 1.165) is 9.90 Å². The lowest BCUT2D eigenvalue weighted by Gasteiger charge is -2.09. The number of amides is 1. The van der Waals surface area contributed by atoms with Crippen LogP contribution in [0, 0.1) is 0 Å². The summed E-state index contributed by atoms with van der Waals surface area (Å²) in [6.07, 6.45) is 3.79. The number of ether oxygens (including phenoxy) is 1. The van der Waals surface area contributed by atoms with Crippen molar-refractivity contribution in [2.45, 2.75) is 24.8 Å². The molecule has 0 saturated heterocycles. The molecule has 1 heterocycles. The van der Waals surface area contributed by atoms with Crippen LogP contribution in [0.15, 0.2) is 17.6 Å². The minimum Gasteiger partial charge on any atom is -0.396 e. The summed E-state index contributed by atoms with van der Waals surface area (Å²) in [5, 5.41) is 6.95. The zero-order chi connectivity index (χ0) is 15.8. The van der Waals surface area contributed by atoms with Crippen LogP contribution in [-0.4, -0.2) is 38.0 Å². The molecule has 0 aliphatic carbocycles. The van der Waals surface area contributed by atoms with Gasteiger partial charge in [-0.15, -0.1) is 29.7 Å². The molecule has 1 amide bonds. The Balaban J connectivity index is 2.75. The molecule has 0 aliphatic heterocycles. The van der Waals surface area contributed by atoms with Crippen molar-refractivity contribution < 1.29 is 9.53 Å². The summed E-state index contributed by atoms with van der Waals surface area (Å²) in [5.74, 6) is -0.167. The average Bonchev–Trinajstić information content (AvgIpc) is 2.77. The second-order valence-corrected chi connectivity index (χ2v) is 6.39. The minimum absolute atomic E-state index is 0.167. The summed E-state index contributed by atoms with van der Waals surface area (Å²) in [6.45, 7) is 9.29. The van der Waals surface area contributed by atoms with E-state index >= 15 is 0 Å². The van der Waals surface area contributed by atoms with Gasteiger partial charge in [0.1, 0.15) is 9.88 Å². The van der Waals surface area contributed by atoms with Gasteiger partial charge in [0.05, 0.1) is 23.3 Å². The van der Waals surface area contributed by atoms with E-state index in [2.05, 4.69) is 17.2 Å². The van der Waals surface area contributed by atoms with Crippen molar-refractivity contribution in [3.63, 3.8) is 0 Å². The van der Waals surface area contributed by atoms with Gasteiger partial charge in [-0.05, 0) is 20.1 Å². The molecule has 0 unspecified atom stereocenters. The summed E-state index contributed by atoms with van der Waals surface area (Å²) in [6, 6.07) is 0. The maximum atomic E-state index is 12.0. The van der Waals surface area contributed by atoms with Crippen molar-refractivity contribution in [3.05, 3.63) is 17.5 Å². The molecule has 118 valence electrons. The van der Waals surface area contributed by atoms with Crippen LogP contribution < -0.4 is 16.4 Å². The lowest BCUT2D eigenvalue weighted by atomic mass is 10.3. The van der Waals surface area contributed by atoms with Crippen molar-refractivity contribution >= 4 is 39.7 Å². The fraction of sp³-hybridized carbons (Fsp3) is 0.500. The van der Waals surface area contributed by atoms with E-state index in [1.165, 1.54) is 23.1 Å². The first-order valence-electron chi connectivity index (χ1n) is 6.72. The number of thiophene rings is 1. The highest BCUT2D eigenvalue weighted by Gasteiger charge is 2.20. The molecule has 0 aromatic carbocycles. The van der Waals surface area contributed by atoms with Crippen LogP contribution in [0.25, 0.3) is 0 Å². The van der Waals surface area contributed by atoms with E-state index < -0.39 is 0 Å². The Hall–Kier alpha value is -1.18. The van der Waals surface area contributed by atoms with Crippen molar-refractivity contribution in [1.29, 1.82) is 0 Å². The lowest BCUT2D eigenvalue weighted by molar-refractivity contribution is 0.0870. The fourth-order valence-corrected chi connectivity index (χ4v) is 3.60. The number of hydrogen-bond donors (Lipinski definition) is 3. The minimum atomic E-state index is -0.167. The van der Waals surface area contributed by atoms with Crippen molar-refractivity contribution in [2.75, 3.05) is 37.0 Å². The van der Waals surface area contributed by atoms with E-state index in [-0.39, 0.29) is 12.0 Å². The molecule has 0 fully saturated rings. The summed E-state index contributed by atoms with van der Waals surface area (Å²) in [4.78, 5) is 13.5. The zero-order valence-electron chi connectivity index (χ0n) is 12.7. The molecule has 1 aromatic rings. The quantitative estimate of drug-likeness (QED) is 0.369. The number of carbonyl (C=O) groups excluding carboxylic acids is 1. The zero-order valence-corrected chi connectivity index (χ0v) is 14.3. The van der Waals surface area contributed by atoms with Gasteiger partial charge in [0.25, 0.3) is 5.91 Å². The van der Waals surface area contributed by atoms with E-state index in [1.54, 1.807) is 6.08 Å². The Bertz CT molecular complexity index is 487. The Kier molecular flexibility index (Phi) is 7.63. The number of nitrogens with two attached hydrogens (primary N) is 1. The molecule has 4 N–H and O–H groups in total. The number of hydrogen-bond acceptors (Lipinski definition) is 6. The Labute approximate surface area is 134 Å². The predicted molar refractivity (Wildman–Crippen MR) is 92.6 cm³/mol. The van der Waals surface area contributed by atoms with E-state index in [4.69, 9.17) is 10.5 Å². The summed E-state index contributed by atoms with van der Waals surface area (Å²) in [7, 11) is 0. The molecule has 21 heavy (non-hydrogen) atoms. The van der Waals surface area contributed by atoms with Crippen LogP contribution in [0.4, 0.5) is 10.7 Å². The highest BCUT2D eigenvalue weighted by molar-refractivity contribution is 7.99. The van der Waals surface area contributed by atoms with Gasteiger partial charge in [0.15, 0.2) is 0 Å². The first-order valence-corrected chi connectivity index (χ1v) is 8.76. The average molecular weight is 329 g/mol. The smallest absolute Gasteiger partial charge is 0.263 e. The number of nitrogens with one attached hydrogen (secondary N) is 2. The van der Waals surface area contributed by atoms with Gasteiger partial charge in [-0.25, -0.2) is 0 Å². The standard InChI is InChI=1S/C14H23N3O2S2/c1-5-6-16-13(18)11-10(15)12(20-4)14(21-11)17-7-8-19-9(2)3/h5,9,17H,1,6-8,15H2,2-4H3,(H,16,18). The third kappa shape index (κ3) is 5.26. The maximum Gasteiger partial charge on any atom is 0.263 e. The van der Waals surface area contributed by atoms with Crippen molar-refractivity contribution in [3.8, 4) is 0 Å². The monoisotopic (exact) mass is 329 g/mol. The highest BCUT2D eigenvalue weighted by atomic mass is 32.2. The third-order valence-corrected chi connectivity index (χ3v) is 4.68. The molecular weight excluding hydrogens is 306 g/mol. The number of anilines is 2. The van der Waals surface area contributed by atoms with E-state index in [0.29, 0.717) is 30.3 Å². The van der Waals surface area contributed by atoms with Crippen LogP contribution in [0.2, 0.25) is 0 Å². The van der Waals surface area contributed by atoms with Gasteiger partial charge in [-0.2, -0.15) is 0 Å². The predicted octanol–water partition coefficient (Wildman–Crippen LogP) is 2.80. The summed E-state index contributed by atoms with van der Waals surface area (Å²) < 4.78 is 5.49. The fourth-order valence-electron chi connectivity index (χ4n) is 1.62. The van der Waals surface area contributed by atoms with Gasteiger partial charge in [-0.1, -0.05) is 6.08 Å². The molecule has 1 rings (SSSR count). The normalized spacial score (nSPS) is 10.7. The van der Waals surface area contributed by atoms with Crippen LogP contribution in [0.5, 0.6) is 0 Å². The number of nitrogen functional groups attached to an aromatic ring is 1. The van der Waals surface area contributed by atoms with E-state index in [9.17, 15) is 4.79 Å². The third-order valence-electron chi connectivity index (χ3n) is 2.56. The van der Waals surface area contributed by atoms with Gasteiger partial charge in [-0.3, -0.25) is 4.79 Å². The number of thioether (sulfide) groups is 1. The van der Waals surface area contributed by atoms with Crippen molar-refractivity contribution in [1.82, 2.24) is 5.32 Å².